The number of nitrogens with zero attached hydrogens (tertiary/aromatic N) is 2. The van der Waals surface area contributed by atoms with Crippen LogP contribution in [-0.4, -0.2) is 52.4 Å². The van der Waals surface area contributed by atoms with Crippen LogP contribution < -0.4 is 5.32 Å². The highest BCUT2D eigenvalue weighted by Gasteiger charge is 2.46. The van der Waals surface area contributed by atoms with E-state index < -0.39 is 0 Å². The summed E-state index contributed by atoms with van der Waals surface area (Å²) in [4.78, 5) is 16.8. The summed E-state index contributed by atoms with van der Waals surface area (Å²) in [5, 5.41) is 4.28. The molecule has 154 valence electrons. The predicted octanol–water partition coefficient (Wildman–Crippen LogP) is 4.48. The Morgan fingerprint density at radius 2 is 1.97 bits per heavy atom. The molecule has 3 fully saturated rings. The Balaban J connectivity index is 1.35. The molecule has 1 N–H and O–H groups in total. The van der Waals surface area contributed by atoms with E-state index in [0.717, 1.165) is 34.9 Å². The fourth-order valence-electron chi connectivity index (χ4n) is 6.18. The maximum absolute atomic E-state index is 11.5. The molecule has 5 rings (SSSR count). The van der Waals surface area contributed by atoms with Gasteiger partial charge in [-0.3, -0.25) is 9.69 Å². The van der Waals surface area contributed by atoms with Gasteiger partial charge >= 0.3 is 0 Å². The van der Waals surface area contributed by atoms with Gasteiger partial charge in [-0.1, -0.05) is 18.1 Å². The molecule has 0 aromatic heterocycles. The van der Waals surface area contributed by atoms with Crippen LogP contribution in [0.1, 0.15) is 55.8 Å². The molecule has 2 bridgehead atoms. The number of benzene rings is 1. The molecule has 1 aliphatic carbocycles. The first kappa shape index (κ1) is 19.3. The fraction of sp³-hybridized carbons (Fsp3) is 0.583. The summed E-state index contributed by atoms with van der Waals surface area (Å²) in [7, 11) is 0. The topological polar surface area (TPSA) is 35.6 Å². The number of likely N-dealkylation sites (tertiary alicyclic amines) is 1. The molecular weight excluding hydrogens is 378 g/mol. The van der Waals surface area contributed by atoms with Gasteiger partial charge in [0.05, 0.1) is 6.04 Å². The van der Waals surface area contributed by atoms with Gasteiger partial charge in [0.1, 0.15) is 0 Å². The van der Waals surface area contributed by atoms with Crippen LogP contribution in [0.4, 0.5) is 5.69 Å². The summed E-state index contributed by atoms with van der Waals surface area (Å²) in [5.41, 5.74) is 3.34. The van der Waals surface area contributed by atoms with E-state index in [1.165, 1.54) is 51.6 Å². The molecule has 0 amide bonds. The van der Waals surface area contributed by atoms with Gasteiger partial charge in [0.15, 0.2) is 10.9 Å². The van der Waals surface area contributed by atoms with Crippen LogP contribution in [0.25, 0.3) is 0 Å². The van der Waals surface area contributed by atoms with E-state index >= 15 is 0 Å². The van der Waals surface area contributed by atoms with Crippen molar-refractivity contribution < 1.29 is 4.79 Å². The molecular formula is C24H31N3OS. The quantitative estimate of drug-likeness (QED) is 0.443. The SMILES string of the molecule is CC(=O)c1ccc(NC(=S)N2CCCC3=C[C@@H]4CC(CN5CCCC[C@H]45)[C@@H]32)cc1. The molecule has 1 aromatic carbocycles. The highest BCUT2D eigenvalue weighted by Crippen LogP contribution is 2.45. The van der Waals surface area contributed by atoms with Gasteiger partial charge in [0.2, 0.25) is 0 Å². The summed E-state index contributed by atoms with van der Waals surface area (Å²) in [5.74, 6) is 1.53. The van der Waals surface area contributed by atoms with E-state index in [0.29, 0.717) is 12.0 Å². The molecule has 1 aromatic rings. The Hall–Kier alpha value is -1.72. The number of carbonyl (C=O) groups is 1. The molecule has 3 saturated heterocycles. The Morgan fingerprint density at radius 3 is 2.76 bits per heavy atom. The lowest BCUT2D eigenvalue weighted by atomic mass is 9.68. The molecule has 0 radical (unpaired) electrons. The van der Waals surface area contributed by atoms with E-state index in [2.05, 4.69) is 21.2 Å². The van der Waals surface area contributed by atoms with Crippen molar-refractivity contribution in [3.8, 4) is 0 Å². The van der Waals surface area contributed by atoms with Gasteiger partial charge in [-0.2, -0.15) is 0 Å². The number of rotatable bonds is 2. The molecule has 4 nitrogen and oxygen atoms in total. The van der Waals surface area contributed by atoms with E-state index in [1.54, 1.807) is 12.5 Å². The van der Waals surface area contributed by atoms with Gasteiger partial charge in [0, 0.05) is 30.4 Å². The highest BCUT2D eigenvalue weighted by molar-refractivity contribution is 7.80. The monoisotopic (exact) mass is 409 g/mol. The number of hydrogen-bond donors (Lipinski definition) is 1. The van der Waals surface area contributed by atoms with Gasteiger partial charge in [0.25, 0.3) is 0 Å². The van der Waals surface area contributed by atoms with Crippen LogP contribution in [0.3, 0.4) is 0 Å². The number of nitrogens with one attached hydrogen (secondary N) is 1. The first-order chi connectivity index (χ1) is 14.1. The zero-order valence-corrected chi connectivity index (χ0v) is 18.1. The number of piperidine rings is 3. The lowest BCUT2D eigenvalue weighted by Gasteiger charge is -2.55. The number of Topliss-reactive ketones (excluding diaryl/α,β-unsaturated/α-hetero) is 1. The number of carbonyl (C=O) groups excluding carboxylic acids is 1. The number of anilines is 1. The van der Waals surface area contributed by atoms with Crippen LogP contribution >= 0.6 is 12.2 Å². The van der Waals surface area contributed by atoms with Crippen molar-refractivity contribution in [1.82, 2.24) is 9.80 Å². The third-order valence-corrected chi connectivity index (χ3v) is 7.80. The number of ketones is 1. The summed E-state index contributed by atoms with van der Waals surface area (Å²) in [6, 6.07) is 8.90. The molecule has 0 spiro atoms. The van der Waals surface area contributed by atoms with Crippen LogP contribution in [0.15, 0.2) is 35.9 Å². The van der Waals surface area contributed by atoms with Gasteiger partial charge in [-0.05, 0) is 93.9 Å². The molecule has 3 aliphatic heterocycles. The van der Waals surface area contributed by atoms with Gasteiger partial charge < -0.3 is 10.2 Å². The van der Waals surface area contributed by atoms with Crippen molar-refractivity contribution in [2.24, 2.45) is 11.8 Å². The highest BCUT2D eigenvalue weighted by atomic mass is 32.1. The second-order valence-corrected chi connectivity index (χ2v) is 9.65. The van der Waals surface area contributed by atoms with Gasteiger partial charge in [-0.25, -0.2) is 0 Å². The second-order valence-electron chi connectivity index (χ2n) is 9.26. The van der Waals surface area contributed by atoms with Crippen molar-refractivity contribution in [2.75, 3.05) is 25.0 Å². The zero-order chi connectivity index (χ0) is 20.0. The minimum absolute atomic E-state index is 0.0926. The molecule has 5 heteroatoms. The lowest BCUT2D eigenvalue weighted by molar-refractivity contribution is 0.0132. The maximum Gasteiger partial charge on any atom is 0.173 e. The largest absolute Gasteiger partial charge is 0.342 e. The average Bonchev–Trinajstić information content (AvgIpc) is 2.74. The van der Waals surface area contributed by atoms with Crippen molar-refractivity contribution >= 4 is 28.8 Å². The van der Waals surface area contributed by atoms with Crippen LogP contribution in [-0.2, 0) is 0 Å². The van der Waals surface area contributed by atoms with E-state index in [-0.39, 0.29) is 5.78 Å². The Bertz CT molecular complexity index is 833. The first-order valence-electron chi connectivity index (χ1n) is 11.2. The molecule has 4 atom stereocenters. The third-order valence-electron chi connectivity index (χ3n) is 7.46. The predicted molar refractivity (Wildman–Crippen MR) is 121 cm³/mol. The van der Waals surface area contributed by atoms with E-state index in [4.69, 9.17) is 12.2 Å². The third kappa shape index (κ3) is 3.64. The van der Waals surface area contributed by atoms with E-state index in [1.807, 2.05) is 24.3 Å². The molecule has 29 heavy (non-hydrogen) atoms. The zero-order valence-electron chi connectivity index (χ0n) is 17.3. The summed E-state index contributed by atoms with van der Waals surface area (Å²) >= 11 is 5.88. The molecule has 0 saturated carbocycles. The average molecular weight is 410 g/mol. The second kappa shape index (κ2) is 7.84. The van der Waals surface area contributed by atoms with Gasteiger partial charge in [-0.15, -0.1) is 0 Å². The summed E-state index contributed by atoms with van der Waals surface area (Å²) < 4.78 is 0. The normalized spacial score (nSPS) is 31.3. The Labute approximate surface area is 179 Å². The van der Waals surface area contributed by atoms with E-state index in [9.17, 15) is 4.79 Å². The number of hydrogen-bond acceptors (Lipinski definition) is 3. The maximum atomic E-state index is 11.5. The molecule has 3 heterocycles. The van der Waals surface area contributed by atoms with Crippen LogP contribution in [0.2, 0.25) is 0 Å². The number of thiocarbonyl (C=S) groups is 1. The molecule has 1 unspecified atom stereocenters. The van der Waals surface area contributed by atoms with Crippen molar-refractivity contribution in [1.29, 1.82) is 0 Å². The minimum atomic E-state index is 0.0926. The standard InChI is InChI=1S/C24H31N3OS/c1-16(28)17-7-9-21(10-8-17)25-24(29)27-12-4-5-18-13-19-14-20(23(18)27)15-26-11-3-2-6-22(19)26/h7-10,13,19-20,22-23H,2-6,11-12,14-15H2,1H3,(H,25,29)/t19-,20?,22-,23-/m1/s1. The first-order valence-corrected chi connectivity index (χ1v) is 11.6. The smallest absolute Gasteiger partial charge is 0.173 e. The lowest BCUT2D eigenvalue weighted by Crippen LogP contribution is -2.60. The Kier molecular flexibility index (Phi) is 5.21. The van der Waals surface area contributed by atoms with Crippen molar-refractivity contribution in [3.63, 3.8) is 0 Å². The summed E-state index contributed by atoms with van der Waals surface area (Å²) in [6.45, 7) is 5.14. The molecule has 4 aliphatic rings. The minimum Gasteiger partial charge on any atom is -0.342 e. The fourth-order valence-corrected chi connectivity index (χ4v) is 6.51. The van der Waals surface area contributed by atoms with Crippen LogP contribution in [0, 0.1) is 11.8 Å². The van der Waals surface area contributed by atoms with Crippen molar-refractivity contribution in [3.05, 3.63) is 41.5 Å². The number of fused-ring (bicyclic) bond motifs is 6. The summed E-state index contributed by atoms with van der Waals surface area (Å²) in [6.07, 6.45) is 10.5. The Morgan fingerprint density at radius 1 is 1.14 bits per heavy atom. The van der Waals surface area contributed by atoms with Crippen molar-refractivity contribution in [2.45, 2.75) is 57.5 Å². The van der Waals surface area contributed by atoms with Crippen LogP contribution in [0.5, 0.6) is 0 Å².